The largest absolute Gasteiger partial charge is 0.416 e. The van der Waals surface area contributed by atoms with Crippen LogP contribution in [0.3, 0.4) is 0 Å². The first-order valence-corrected chi connectivity index (χ1v) is 7.07. The molecule has 2 rings (SSSR count). The molecule has 0 aliphatic heterocycles. The van der Waals surface area contributed by atoms with E-state index in [1.807, 2.05) is 0 Å². The molecule has 2 aromatic rings. The maximum Gasteiger partial charge on any atom is 0.416 e. The fraction of sp³-hybridized carbons (Fsp3) is 0.312. The Morgan fingerprint density at radius 1 is 1.22 bits per heavy atom. The third-order valence-electron chi connectivity index (χ3n) is 2.86. The van der Waals surface area contributed by atoms with Crippen LogP contribution in [-0.2, 0) is 12.7 Å². The Labute approximate surface area is 136 Å². The SMILES string of the molecule is CC(C)(O)C#Cc1cn(Cc2ccc(C(F)(F)F)cc2)c(Cl)n1. The molecule has 0 aliphatic carbocycles. The maximum atomic E-state index is 12.5. The minimum atomic E-state index is -4.36. The molecule has 23 heavy (non-hydrogen) atoms. The summed E-state index contributed by atoms with van der Waals surface area (Å²) in [5.74, 6) is 5.31. The summed E-state index contributed by atoms with van der Waals surface area (Å²) in [6.07, 6.45) is -2.77. The van der Waals surface area contributed by atoms with E-state index in [9.17, 15) is 18.3 Å². The lowest BCUT2D eigenvalue weighted by Gasteiger charge is -2.08. The summed E-state index contributed by atoms with van der Waals surface area (Å²) >= 11 is 5.99. The van der Waals surface area contributed by atoms with E-state index in [0.717, 1.165) is 12.1 Å². The smallest absolute Gasteiger partial charge is 0.378 e. The Kier molecular flexibility index (Phi) is 4.73. The molecule has 0 amide bonds. The summed E-state index contributed by atoms with van der Waals surface area (Å²) in [4.78, 5) is 4.03. The lowest BCUT2D eigenvalue weighted by atomic mass is 10.1. The number of aliphatic hydroxyl groups is 1. The number of nitrogens with zero attached hydrogens (tertiary/aromatic N) is 2. The van der Waals surface area contributed by atoms with Crippen LogP contribution in [0.5, 0.6) is 0 Å². The van der Waals surface area contributed by atoms with Gasteiger partial charge in [-0.2, -0.15) is 13.2 Å². The van der Waals surface area contributed by atoms with E-state index in [1.54, 1.807) is 24.6 Å². The molecule has 0 unspecified atom stereocenters. The lowest BCUT2D eigenvalue weighted by molar-refractivity contribution is -0.137. The number of aromatic nitrogens is 2. The lowest BCUT2D eigenvalue weighted by Crippen LogP contribution is -2.14. The van der Waals surface area contributed by atoms with Crippen LogP contribution >= 0.6 is 11.6 Å². The zero-order chi connectivity index (χ0) is 17.3. The van der Waals surface area contributed by atoms with Crippen LogP contribution in [0.4, 0.5) is 13.2 Å². The summed E-state index contributed by atoms with van der Waals surface area (Å²) in [6, 6.07) is 4.83. The van der Waals surface area contributed by atoms with Gasteiger partial charge in [0.1, 0.15) is 11.3 Å². The maximum absolute atomic E-state index is 12.5. The first kappa shape index (κ1) is 17.4. The van der Waals surface area contributed by atoms with E-state index in [2.05, 4.69) is 16.8 Å². The van der Waals surface area contributed by atoms with Crippen molar-refractivity contribution in [2.24, 2.45) is 0 Å². The number of halogens is 4. The van der Waals surface area contributed by atoms with Gasteiger partial charge < -0.3 is 9.67 Å². The molecule has 0 saturated heterocycles. The van der Waals surface area contributed by atoms with Crippen LogP contribution in [0.15, 0.2) is 30.5 Å². The first-order chi connectivity index (χ1) is 10.5. The highest BCUT2D eigenvalue weighted by molar-refractivity contribution is 6.28. The van der Waals surface area contributed by atoms with Gasteiger partial charge in [-0.1, -0.05) is 18.1 Å². The molecule has 7 heteroatoms. The molecule has 1 N–H and O–H groups in total. The van der Waals surface area contributed by atoms with Crippen molar-refractivity contribution in [2.75, 3.05) is 0 Å². The van der Waals surface area contributed by atoms with Crippen LogP contribution < -0.4 is 0 Å². The van der Waals surface area contributed by atoms with Crippen molar-refractivity contribution in [2.45, 2.75) is 32.2 Å². The van der Waals surface area contributed by atoms with E-state index in [0.29, 0.717) is 11.3 Å². The van der Waals surface area contributed by atoms with Gasteiger partial charge in [0.15, 0.2) is 0 Å². The molecule has 122 valence electrons. The van der Waals surface area contributed by atoms with Gasteiger partial charge in [0.25, 0.3) is 0 Å². The Morgan fingerprint density at radius 2 is 1.83 bits per heavy atom. The van der Waals surface area contributed by atoms with E-state index >= 15 is 0 Å². The number of hydrogen-bond acceptors (Lipinski definition) is 2. The van der Waals surface area contributed by atoms with Gasteiger partial charge in [-0.3, -0.25) is 0 Å². The normalized spacial score (nSPS) is 12.0. The van der Waals surface area contributed by atoms with Crippen molar-refractivity contribution < 1.29 is 18.3 Å². The highest BCUT2D eigenvalue weighted by atomic mass is 35.5. The zero-order valence-corrected chi connectivity index (χ0v) is 13.2. The van der Waals surface area contributed by atoms with Gasteiger partial charge in [0.2, 0.25) is 5.28 Å². The Hall–Kier alpha value is -1.97. The van der Waals surface area contributed by atoms with Crippen LogP contribution in [0, 0.1) is 11.8 Å². The average Bonchev–Trinajstić information content (AvgIpc) is 2.76. The van der Waals surface area contributed by atoms with E-state index in [1.165, 1.54) is 12.1 Å². The van der Waals surface area contributed by atoms with Gasteiger partial charge in [-0.25, -0.2) is 4.98 Å². The highest BCUT2D eigenvalue weighted by Gasteiger charge is 2.29. The van der Waals surface area contributed by atoms with Crippen LogP contribution in [0.25, 0.3) is 0 Å². The molecule has 0 aliphatic rings. The van der Waals surface area contributed by atoms with Gasteiger partial charge in [0.05, 0.1) is 5.56 Å². The molecule has 0 saturated carbocycles. The standard InChI is InChI=1S/C16H14ClF3N2O/c1-15(2,23)8-7-13-10-22(14(17)21-13)9-11-3-5-12(6-4-11)16(18,19)20/h3-6,10,23H,9H2,1-2H3. The third kappa shape index (κ3) is 5.02. The van der Waals surface area contributed by atoms with E-state index in [4.69, 9.17) is 11.6 Å². The fourth-order valence-electron chi connectivity index (χ4n) is 1.78. The molecular weight excluding hydrogens is 329 g/mol. The Bertz CT molecular complexity index is 747. The highest BCUT2D eigenvalue weighted by Crippen LogP contribution is 2.29. The monoisotopic (exact) mass is 342 g/mol. The van der Waals surface area contributed by atoms with Gasteiger partial charge in [0, 0.05) is 12.7 Å². The van der Waals surface area contributed by atoms with Crippen LogP contribution in [-0.4, -0.2) is 20.3 Å². The van der Waals surface area contributed by atoms with Crippen molar-refractivity contribution >= 4 is 11.6 Å². The molecule has 3 nitrogen and oxygen atoms in total. The Morgan fingerprint density at radius 3 is 2.35 bits per heavy atom. The Balaban J connectivity index is 2.17. The number of imidazole rings is 1. The number of benzene rings is 1. The second-order valence-corrected chi connectivity index (χ2v) is 5.86. The molecule has 0 radical (unpaired) electrons. The number of alkyl halides is 3. The van der Waals surface area contributed by atoms with Gasteiger partial charge in [-0.05, 0) is 49.1 Å². The summed E-state index contributed by atoms with van der Waals surface area (Å²) in [5.41, 5.74) is -0.818. The second-order valence-electron chi connectivity index (χ2n) is 5.53. The number of hydrogen-bond donors (Lipinski definition) is 1. The van der Waals surface area contributed by atoms with Crippen LogP contribution in [0.2, 0.25) is 5.28 Å². The second kappa shape index (κ2) is 6.26. The summed E-state index contributed by atoms with van der Waals surface area (Å²) in [5, 5.41) is 9.72. The molecule has 1 aromatic carbocycles. The fourth-order valence-corrected chi connectivity index (χ4v) is 1.98. The molecule has 0 atom stereocenters. The van der Waals surface area contributed by atoms with Crippen molar-refractivity contribution in [3.63, 3.8) is 0 Å². The van der Waals surface area contributed by atoms with Crippen molar-refractivity contribution in [3.8, 4) is 11.8 Å². The molecule has 1 heterocycles. The minimum absolute atomic E-state index is 0.171. The first-order valence-electron chi connectivity index (χ1n) is 6.69. The molecular formula is C16H14ClF3N2O. The average molecular weight is 343 g/mol. The summed E-state index contributed by atoms with van der Waals surface area (Å²) in [6.45, 7) is 3.36. The third-order valence-corrected chi connectivity index (χ3v) is 3.16. The molecule has 0 fully saturated rings. The van der Waals surface area contributed by atoms with Crippen LogP contribution in [0.1, 0.15) is 30.7 Å². The van der Waals surface area contributed by atoms with Crippen molar-refractivity contribution in [1.29, 1.82) is 0 Å². The van der Waals surface area contributed by atoms with E-state index in [-0.39, 0.29) is 11.8 Å². The molecule has 0 bridgehead atoms. The topological polar surface area (TPSA) is 38.0 Å². The minimum Gasteiger partial charge on any atom is -0.378 e. The van der Waals surface area contributed by atoms with E-state index < -0.39 is 17.3 Å². The molecule has 0 spiro atoms. The molecule has 1 aromatic heterocycles. The zero-order valence-electron chi connectivity index (χ0n) is 12.4. The quantitative estimate of drug-likeness (QED) is 0.845. The van der Waals surface area contributed by atoms with Crippen molar-refractivity contribution in [3.05, 3.63) is 52.6 Å². The number of rotatable bonds is 2. The summed E-state index contributed by atoms with van der Waals surface area (Å²) in [7, 11) is 0. The van der Waals surface area contributed by atoms with Gasteiger partial charge >= 0.3 is 6.18 Å². The summed E-state index contributed by atoms with van der Waals surface area (Å²) < 4.78 is 39.1. The van der Waals surface area contributed by atoms with Crippen molar-refractivity contribution in [1.82, 2.24) is 9.55 Å². The predicted molar refractivity (Wildman–Crippen MR) is 81.0 cm³/mol. The predicted octanol–water partition coefficient (Wildman–Crippen LogP) is 3.73. The van der Waals surface area contributed by atoms with Gasteiger partial charge in [-0.15, -0.1) is 0 Å².